The zero-order valence-corrected chi connectivity index (χ0v) is 20.6. The Morgan fingerprint density at radius 3 is 2.59 bits per heavy atom. The number of nitriles is 1. The summed E-state index contributed by atoms with van der Waals surface area (Å²) in [6.07, 6.45) is 2.94. The molecule has 0 unspecified atom stereocenters. The Balaban J connectivity index is 1.92. The molecule has 2 heterocycles. The van der Waals surface area contributed by atoms with Gasteiger partial charge < -0.3 is 14.8 Å². The van der Waals surface area contributed by atoms with Crippen molar-refractivity contribution in [1.29, 1.82) is 5.26 Å². The van der Waals surface area contributed by atoms with Gasteiger partial charge in [0, 0.05) is 17.1 Å². The monoisotopic (exact) mass is 493 g/mol. The van der Waals surface area contributed by atoms with E-state index < -0.39 is 11.9 Å². The molecule has 1 N–H and O–H groups in total. The molecule has 9 heteroatoms. The maximum absolute atomic E-state index is 12.6. The van der Waals surface area contributed by atoms with Crippen LogP contribution in [0.2, 0.25) is 0 Å². The van der Waals surface area contributed by atoms with Gasteiger partial charge in [-0.15, -0.1) is 22.7 Å². The van der Waals surface area contributed by atoms with Crippen molar-refractivity contribution < 1.29 is 19.1 Å². The lowest BCUT2D eigenvalue weighted by Gasteiger charge is -2.05. The van der Waals surface area contributed by atoms with E-state index >= 15 is 0 Å². The third-order valence-corrected chi connectivity index (χ3v) is 6.77. The number of nitrogens with zero attached hydrogens (tertiary/aromatic N) is 2. The highest BCUT2D eigenvalue weighted by Crippen LogP contribution is 2.35. The summed E-state index contributed by atoms with van der Waals surface area (Å²) >= 11 is 2.40. The topological polar surface area (TPSA) is 101 Å². The minimum Gasteiger partial charge on any atom is -0.462 e. The van der Waals surface area contributed by atoms with Crippen molar-refractivity contribution >= 4 is 45.2 Å². The maximum Gasteiger partial charge on any atom is 0.348 e. The van der Waals surface area contributed by atoms with Crippen LogP contribution in [0.1, 0.15) is 43.1 Å². The predicted molar refractivity (Wildman–Crippen MR) is 135 cm³/mol. The highest BCUT2D eigenvalue weighted by Gasteiger charge is 2.26. The number of ether oxygens (including phenoxy) is 2. The predicted octanol–water partition coefficient (Wildman–Crippen LogP) is 5.98. The van der Waals surface area contributed by atoms with Gasteiger partial charge in [0.25, 0.3) is 0 Å². The summed E-state index contributed by atoms with van der Waals surface area (Å²) in [4.78, 5) is 29.9. The van der Waals surface area contributed by atoms with Crippen LogP contribution < -0.4 is 5.32 Å². The Morgan fingerprint density at radius 2 is 1.94 bits per heavy atom. The number of aromatic nitrogens is 1. The first kappa shape index (κ1) is 24.9. The molecule has 0 bridgehead atoms. The highest BCUT2D eigenvalue weighted by atomic mass is 32.1. The Morgan fingerprint density at radius 1 is 1.21 bits per heavy atom. The number of esters is 2. The number of nitrogens with one attached hydrogen (secondary N) is 1. The fourth-order valence-corrected chi connectivity index (χ4v) is 4.85. The average molecular weight is 494 g/mol. The molecule has 3 rings (SSSR count). The summed E-state index contributed by atoms with van der Waals surface area (Å²) in [5, 5.41) is 15.5. The first-order chi connectivity index (χ1) is 16.4. The van der Waals surface area contributed by atoms with Crippen molar-refractivity contribution in [1.82, 2.24) is 4.98 Å². The van der Waals surface area contributed by atoms with E-state index in [0.29, 0.717) is 21.1 Å². The van der Waals surface area contributed by atoms with Gasteiger partial charge in [-0.3, -0.25) is 0 Å². The quantitative estimate of drug-likeness (QED) is 0.222. The summed E-state index contributed by atoms with van der Waals surface area (Å²) in [5.41, 5.74) is 3.85. The number of thiophene rings is 1. The SMILES string of the molecule is C=CCOC(=O)c1sc(N/C=C(/C#N)c2nc(-c3ccc(C)cc3)cs2)c(C(=O)OCC)c1C. The summed E-state index contributed by atoms with van der Waals surface area (Å²) in [7, 11) is 0. The van der Waals surface area contributed by atoms with Gasteiger partial charge in [0.1, 0.15) is 33.1 Å². The molecule has 2 aromatic heterocycles. The molecule has 1 aromatic carbocycles. The Bertz CT molecular complexity index is 1280. The number of rotatable bonds is 9. The number of allylic oxidation sites excluding steroid dienone is 1. The fraction of sp³-hybridized carbons (Fsp3) is 0.200. The average Bonchev–Trinajstić information content (AvgIpc) is 3.44. The van der Waals surface area contributed by atoms with Crippen LogP contribution in [0.25, 0.3) is 16.8 Å². The van der Waals surface area contributed by atoms with E-state index in [0.717, 1.165) is 28.2 Å². The molecule has 7 nitrogen and oxygen atoms in total. The van der Waals surface area contributed by atoms with Gasteiger partial charge >= 0.3 is 11.9 Å². The first-order valence-corrected chi connectivity index (χ1v) is 12.1. The number of anilines is 1. The smallest absolute Gasteiger partial charge is 0.348 e. The molecule has 3 aromatic rings. The van der Waals surface area contributed by atoms with Crippen molar-refractivity contribution in [2.24, 2.45) is 0 Å². The molecule has 0 aliphatic rings. The number of carbonyl (C=O) groups excluding carboxylic acids is 2. The third kappa shape index (κ3) is 5.60. The number of benzene rings is 1. The zero-order valence-electron chi connectivity index (χ0n) is 19.0. The lowest BCUT2D eigenvalue weighted by atomic mass is 10.1. The largest absolute Gasteiger partial charge is 0.462 e. The van der Waals surface area contributed by atoms with Crippen molar-refractivity contribution in [2.75, 3.05) is 18.5 Å². The first-order valence-electron chi connectivity index (χ1n) is 10.4. The normalized spacial score (nSPS) is 10.9. The van der Waals surface area contributed by atoms with E-state index in [-0.39, 0.29) is 23.7 Å². The zero-order chi connectivity index (χ0) is 24.7. The van der Waals surface area contributed by atoms with Gasteiger partial charge in [-0.2, -0.15) is 5.26 Å². The standard InChI is InChI=1S/C25H23N3O4S2/c1-5-11-32-25(30)21-16(4)20(24(29)31-6-2)23(34-21)27-13-18(12-26)22-28-19(14-33-22)17-9-7-15(3)8-10-17/h5,7-10,13-14,27H,1,6,11H2,2-4H3/b18-13-. The molecule has 0 saturated carbocycles. The van der Waals surface area contributed by atoms with Crippen LogP contribution in [-0.2, 0) is 9.47 Å². The Kier molecular flexibility index (Phi) is 8.35. The number of thiazole rings is 1. The Labute approximate surface area is 206 Å². The van der Waals surface area contributed by atoms with Crippen LogP contribution in [0.5, 0.6) is 0 Å². The van der Waals surface area contributed by atoms with E-state index in [9.17, 15) is 14.9 Å². The second-order valence-corrected chi connectivity index (χ2v) is 8.96. The molecule has 0 aliphatic carbocycles. The molecule has 0 radical (unpaired) electrons. The maximum atomic E-state index is 12.6. The van der Waals surface area contributed by atoms with Gasteiger partial charge in [-0.1, -0.05) is 42.5 Å². The van der Waals surface area contributed by atoms with Gasteiger partial charge in [0.15, 0.2) is 0 Å². The second-order valence-electron chi connectivity index (χ2n) is 7.09. The highest BCUT2D eigenvalue weighted by molar-refractivity contribution is 7.18. The van der Waals surface area contributed by atoms with E-state index in [1.165, 1.54) is 23.6 Å². The Hall–Kier alpha value is -3.74. The second kappa shape index (κ2) is 11.4. The summed E-state index contributed by atoms with van der Waals surface area (Å²) in [5.74, 6) is -1.13. The minimum atomic E-state index is -0.565. The van der Waals surface area contributed by atoms with Gasteiger partial charge in [-0.25, -0.2) is 14.6 Å². The summed E-state index contributed by atoms with van der Waals surface area (Å²) in [6.45, 7) is 9.14. The van der Waals surface area contributed by atoms with E-state index in [1.807, 2.05) is 36.6 Å². The number of carbonyl (C=O) groups is 2. The lowest BCUT2D eigenvalue weighted by molar-refractivity contribution is 0.0527. The molecule has 0 fully saturated rings. The van der Waals surface area contributed by atoms with Crippen LogP contribution in [-0.4, -0.2) is 30.1 Å². The van der Waals surface area contributed by atoms with Crippen molar-refractivity contribution in [3.63, 3.8) is 0 Å². The van der Waals surface area contributed by atoms with E-state index in [1.54, 1.807) is 13.8 Å². The molecular formula is C25H23N3O4S2. The van der Waals surface area contributed by atoms with Gasteiger partial charge in [-0.05, 0) is 26.3 Å². The summed E-state index contributed by atoms with van der Waals surface area (Å²) < 4.78 is 10.3. The van der Waals surface area contributed by atoms with E-state index in [4.69, 9.17) is 9.47 Å². The van der Waals surface area contributed by atoms with Crippen LogP contribution in [0.3, 0.4) is 0 Å². The lowest BCUT2D eigenvalue weighted by Crippen LogP contribution is -2.09. The molecule has 0 aliphatic heterocycles. The van der Waals surface area contributed by atoms with Crippen LogP contribution >= 0.6 is 22.7 Å². The van der Waals surface area contributed by atoms with Crippen molar-refractivity contribution in [2.45, 2.75) is 20.8 Å². The van der Waals surface area contributed by atoms with E-state index in [2.05, 4.69) is 22.9 Å². The van der Waals surface area contributed by atoms with Crippen LogP contribution in [0, 0.1) is 25.2 Å². The minimum absolute atomic E-state index is 0.0551. The molecule has 0 spiro atoms. The van der Waals surface area contributed by atoms with Gasteiger partial charge in [0.2, 0.25) is 0 Å². The van der Waals surface area contributed by atoms with Crippen molar-refractivity contribution in [3.8, 4) is 17.3 Å². The third-order valence-electron chi connectivity index (χ3n) is 4.69. The molecule has 0 atom stereocenters. The molecule has 174 valence electrons. The van der Waals surface area contributed by atoms with Crippen LogP contribution in [0.4, 0.5) is 5.00 Å². The van der Waals surface area contributed by atoms with Crippen LogP contribution in [0.15, 0.2) is 48.5 Å². The number of aryl methyl sites for hydroxylation is 1. The molecule has 34 heavy (non-hydrogen) atoms. The van der Waals surface area contributed by atoms with Gasteiger partial charge in [0.05, 0.1) is 17.9 Å². The number of hydrogen-bond acceptors (Lipinski definition) is 9. The fourth-order valence-electron chi connectivity index (χ4n) is 2.99. The van der Waals surface area contributed by atoms with Crippen molar-refractivity contribution in [3.05, 3.63) is 75.1 Å². The molecular weight excluding hydrogens is 470 g/mol. The molecule has 0 amide bonds. The summed E-state index contributed by atoms with van der Waals surface area (Å²) in [6, 6.07) is 10.1. The number of hydrogen-bond donors (Lipinski definition) is 1. The molecule has 0 saturated heterocycles.